The van der Waals surface area contributed by atoms with Crippen molar-refractivity contribution in [3.63, 3.8) is 0 Å². The maximum Gasteiger partial charge on any atom is 0.264 e. The Morgan fingerprint density at radius 2 is 1.92 bits per heavy atom. The van der Waals surface area contributed by atoms with Crippen molar-refractivity contribution < 1.29 is 13.2 Å². The average Bonchev–Trinajstić information content (AvgIpc) is 2.63. The molecule has 0 saturated heterocycles. The minimum atomic E-state index is -3.95. The van der Waals surface area contributed by atoms with Gasteiger partial charge in [-0.1, -0.05) is 42.8 Å². The first kappa shape index (κ1) is 19.9. The first-order valence-electron chi connectivity index (χ1n) is 8.00. The summed E-state index contributed by atoms with van der Waals surface area (Å²) in [5, 5.41) is 4.17. The Bertz CT molecular complexity index is 899. The molecule has 0 aliphatic carbocycles. The number of amides is 1. The van der Waals surface area contributed by atoms with Crippen LogP contribution in [-0.2, 0) is 14.8 Å². The molecule has 0 spiro atoms. The maximum absolute atomic E-state index is 13.1. The van der Waals surface area contributed by atoms with Crippen LogP contribution in [0.2, 0.25) is 5.02 Å². The number of anilines is 1. The van der Waals surface area contributed by atoms with E-state index in [1.807, 2.05) is 13.8 Å². The fraction of sp³-hybridized carbons (Fsp3) is 0.222. The zero-order chi connectivity index (χ0) is 19.2. The quantitative estimate of drug-likeness (QED) is 0.578. The molecule has 1 amide bonds. The fourth-order valence-electron chi connectivity index (χ4n) is 2.15. The van der Waals surface area contributed by atoms with Crippen LogP contribution >= 0.6 is 11.6 Å². The smallest absolute Gasteiger partial charge is 0.264 e. The van der Waals surface area contributed by atoms with Crippen molar-refractivity contribution in [2.45, 2.75) is 25.2 Å². The van der Waals surface area contributed by atoms with Crippen LogP contribution in [0.4, 0.5) is 5.69 Å². The molecule has 0 radical (unpaired) electrons. The van der Waals surface area contributed by atoms with E-state index in [4.69, 9.17) is 11.6 Å². The number of rotatable bonds is 7. The van der Waals surface area contributed by atoms with Crippen molar-refractivity contribution in [2.24, 2.45) is 5.10 Å². The second kappa shape index (κ2) is 8.82. The van der Waals surface area contributed by atoms with Gasteiger partial charge in [-0.2, -0.15) is 5.10 Å². The van der Waals surface area contributed by atoms with Crippen molar-refractivity contribution in [1.29, 1.82) is 0 Å². The van der Waals surface area contributed by atoms with E-state index < -0.39 is 22.5 Å². The van der Waals surface area contributed by atoms with E-state index in [0.29, 0.717) is 17.1 Å². The molecule has 1 N–H and O–H groups in total. The summed E-state index contributed by atoms with van der Waals surface area (Å²) in [6, 6.07) is 12.8. The van der Waals surface area contributed by atoms with E-state index in [1.165, 1.54) is 24.4 Å². The van der Waals surface area contributed by atoms with Crippen molar-refractivity contribution in [1.82, 2.24) is 5.43 Å². The van der Waals surface area contributed by atoms with E-state index in [-0.39, 0.29) is 4.90 Å². The van der Waals surface area contributed by atoms with Gasteiger partial charge >= 0.3 is 0 Å². The number of aryl methyl sites for hydroxylation is 1. The van der Waals surface area contributed by atoms with Crippen LogP contribution in [0.5, 0.6) is 0 Å². The third kappa shape index (κ3) is 4.83. The lowest BCUT2D eigenvalue weighted by molar-refractivity contribution is -0.119. The van der Waals surface area contributed by atoms with E-state index in [0.717, 1.165) is 9.87 Å². The predicted molar refractivity (Wildman–Crippen MR) is 104 cm³/mol. The minimum Gasteiger partial charge on any atom is -0.271 e. The number of sulfonamides is 1. The summed E-state index contributed by atoms with van der Waals surface area (Å²) in [4.78, 5) is 12.3. The van der Waals surface area contributed by atoms with E-state index >= 15 is 0 Å². The highest BCUT2D eigenvalue weighted by Gasteiger charge is 2.27. The van der Waals surface area contributed by atoms with Crippen LogP contribution < -0.4 is 9.73 Å². The molecular formula is C18H20ClN3O3S. The molecule has 0 aromatic heterocycles. The van der Waals surface area contributed by atoms with Crippen LogP contribution in [0.15, 0.2) is 58.5 Å². The minimum absolute atomic E-state index is 0.0848. The molecule has 0 aliphatic rings. The lowest BCUT2D eigenvalue weighted by atomic mass is 10.2. The predicted octanol–water partition coefficient (Wildman–Crippen LogP) is 3.36. The largest absolute Gasteiger partial charge is 0.271 e. The van der Waals surface area contributed by atoms with E-state index in [1.54, 1.807) is 30.3 Å². The molecule has 2 aromatic rings. The van der Waals surface area contributed by atoms with Gasteiger partial charge in [-0.25, -0.2) is 13.8 Å². The molecular weight excluding hydrogens is 374 g/mol. The summed E-state index contributed by atoms with van der Waals surface area (Å²) < 4.78 is 27.1. The lowest BCUT2D eigenvalue weighted by Gasteiger charge is -2.24. The Balaban J connectivity index is 2.43. The Labute approximate surface area is 158 Å². The number of benzene rings is 2. The zero-order valence-electron chi connectivity index (χ0n) is 14.5. The van der Waals surface area contributed by atoms with Crippen molar-refractivity contribution in [2.75, 3.05) is 10.8 Å². The normalized spacial score (nSPS) is 11.5. The summed E-state index contributed by atoms with van der Waals surface area (Å²) in [6.07, 6.45) is 2.18. The summed E-state index contributed by atoms with van der Waals surface area (Å²) in [5.74, 6) is -0.550. The molecule has 0 fully saturated rings. The molecule has 8 heteroatoms. The van der Waals surface area contributed by atoms with Crippen LogP contribution in [0.3, 0.4) is 0 Å². The van der Waals surface area contributed by atoms with Crippen LogP contribution in [0, 0.1) is 6.92 Å². The molecule has 0 saturated carbocycles. The van der Waals surface area contributed by atoms with E-state index in [2.05, 4.69) is 10.5 Å². The van der Waals surface area contributed by atoms with Crippen LogP contribution in [0.1, 0.15) is 18.9 Å². The number of carbonyl (C=O) groups is 1. The maximum atomic E-state index is 13.1. The SMILES string of the molecule is CC/C=N/NC(=O)CN(c1ccc(C)c(Cl)c1)S(=O)(=O)c1ccccc1. The first-order chi connectivity index (χ1) is 12.4. The zero-order valence-corrected chi connectivity index (χ0v) is 16.1. The van der Waals surface area contributed by atoms with Gasteiger partial charge in [0.15, 0.2) is 0 Å². The average molecular weight is 394 g/mol. The van der Waals surface area contributed by atoms with Gasteiger partial charge in [0.1, 0.15) is 6.54 Å². The summed E-state index contributed by atoms with van der Waals surface area (Å²) >= 11 is 6.15. The number of nitrogens with one attached hydrogen (secondary N) is 1. The van der Waals surface area contributed by atoms with Gasteiger partial charge < -0.3 is 0 Å². The van der Waals surface area contributed by atoms with Crippen LogP contribution in [0.25, 0.3) is 0 Å². The first-order valence-corrected chi connectivity index (χ1v) is 9.82. The molecule has 2 rings (SSSR count). The Morgan fingerprint density at radius 1 is 1.23 bits per heavy atom. The highest BCUT2D eigenvalue weighted by Crippen LogP contribution is 2.27. The number of halogens is 1. The summed E-state index contributed by atoms with van der Waals surface area (Å²) in [7, 11) is -3.95. The molecule has 0 bridgehead atoms. The summed E-state index contributed by atoms with van der Waals surface area (Å²) in [5.41, 5.74) is 3.44. The monoisotopic (exact) mass is 393 g/mol. The van der Waals surface area contributed by atoms with Crippen molar-refractivity contribution in [3.05, 3.63) is 59.1 Å². The second-order valence-corrected chi connectivity index (χ2v) is 7.78. The Morgan fingerprint density at radius 3 is 2.54 bits per heavy atom. The van der Waals surface area contributed by atoms with Gasteiger partial charge in [0.2, 0.25) is 0 Å². The molecule has 0 atom stereocenters. The fourth-order valence-corrected chi connectivity index (χ4v) is 3.76. The Hall–Kier alpha value is -2.38. The lowest BCUT2D eigenvalue weighted by Crippen LogP contribution is -2.39. The summed E-state index contributed by atoms with van der Waals surface area (Å²) in [6.45, 7) is 3.27. The molecule has 0 heterocycles. The highest BCUT2D eigenvalue weighted by molar-refractivity contribution is 7.92. The molecule has 0 aliphatic heterocycles. The molecule has 6 nitrogen and oxygen atoms in total. The highest BCUT2D eigenvalue weighted by atomic mass is 35.5. The van der Waals surface area contributed by atoms with E-state index in [9.17, 15) is 13.2 Å². The molecule has 0 unspecified atom stereocenters. The van der Waals surface area contributed by atoms with Crippen molar-refractivity contribution >= 4 is 39.4 Å². The van der Waals surface area contributed by atoms with Gasteiger partial charge in [0, 0.05) is 11.2 Å². The van der Waals surface area contributed by atoms with Crippen LogP contribution in [-0.4, -0.2) is 27.1 Å². The second-order valence-electron chi connectivity index (χ2n) is 5.51. The molecule has 26 heavy (non-hydrogen) atoms. The number of carbonyl (C=O) groups excluding carboxylic acids is 1. The van der Waals surface area contributed by atoms with Gasteiger partial charge in [0.25, 0.3) is 15.9 Å². The topological polar surface area (TPSA) is 78.8 Å². The number of hydrogen-bond donors (Lipinski definition) is 1. The van der Waals surface area contributed by atoms with Gasteiger partial charge in [0.05, 0.1) is 10.6 Å². The molecule has 2 aromatic carbocycles. The van der Waals surface area contributed by atoms with Gasteiger partial charge in [-0.3, -0.25) is 9.10 Å². The number of hydrazone groups is 1. The number of hydrogen-bond acceptors (Lipinski definition) is 4. The van der Waals surface area contributed by atoms with Crippen molar-refractivity contribution in [3.8, 4) is 0 Å². The third-order valence-corrected chi connectivity index (χ3v) is 5.72. The standard InChI is InChI=1S/C18H20ClN3O3S/c1-3-11-20-21-18(23)13-22(15-10-9-14(2)17(19)12-15)26(24,25)16-7-5-4-6-8-16/h4-12H,3,13H2,1-2H3,(H,21,23)/b20-11+. The third-order valence-electron chi connectivity index (χ3n) is 3.52. The van der Waals surface area contributed by atoms with Gasteiger partial charge in [-0.15, -0.1) is 0 Å². The Kier molecular flexibility index (Phi) is 6.76. The molecule has 138 valence electrons. The number of nitrogens with zero attached hydrogens (tertiary/aromatic N) is 2. The van der Waals surface area contributed by atoms with Gasteiger partial charge in [-0.05, 0) is 43.2 Å².